The fourth-order valence-corrected chi connectivity index (χ4v) is 3.90. The number of carbonyl (C=O) groups is 1. The van der Waals surface area contributed by atoms with Gasteiger partial charge in [0.25, 0.3) is 5.91 Å². The number of halogens is 1. The Morgan fingerprint density at radius 1 is 1.07 bits per heavy atom. The van der Waals surface area contributed by atoms with E-state index in [9.17, 15) is 4.79 Å². The average molecular weight is 399 g/mol. The Hall–Kier alpha value is -2.57. The number of thiazole rings is 1. The summed E-state index contributed by atoms with van der Waals surface area (Å²) in [6.45, 7) is 2.97. The monoisotopic (exact) mass is 398 g/mol. The Morgan fingerprint density at radius 2 is 1.89 bits per heavy atom. The van der Waals surface area contributed by atoms with Gasteiger partial charge in [0.2, 0.25) is 0 Å². The topological polar surface area (TPSA) is 48.5 Å². The van der Waals surface area contributed by atoms with Crippen molar-refractivity contribution in [3.63, 3.8) is 0 Å². The Labute approximate surface area is 167 Å². The minimum absolute atomic E-state index is 0.0588. The quantitative estimate of drug-likeness (QED) is 0.702. The van der Waals surface area contributed by atoms with E-state index < -0.39 is 0 Å². The predicted molar refractivity (Wildman–Crippen MR) is 111 cm³/mol. The van der Waals surface area contributed by atoms with Gasteiger partial charge in [-0.3, -0.25) is 4.79 Å². The third-order valence-electron chi connectivity index (χ3n) is 4.53. The van der Waals surface area contributed by atoms with Gasteiger partial charge in [0.05, 0.1) is 0 Å². The fraction of sp³-hybridized carbons (Fsp3) is 0.200. The molecule has 0 unspecified atom stereocenters. The molecular weight excluding hydrogens is 380 g/mol. The summed E-state index contributed by atoms with van der Waals surface area (Å²) in [6.07, 6.45) is 1.75. The van der Waals surface area contributed by atoms with Gasteiger partial charge < -0.3 is 15.1 Å². The molecule has 5 nitrogen and oxygen atoms in total. The molecule has 2 heterocycles. The van der Waals surface area contributed by atoms with Crippen LogP contribution in [0.3, 0.4) is 0 Å². The van der Waals surface area contributed by atoms with Gasteiger partial charge in [-0.15, -0.1) is 11.3 Å². The molecule has 0 radical (unpaired) electrons. The maximum atomic E-state index is 12.9. The molecule has 4 rings (SSSR count). The van der Waals surface area contributed by atoms with Crippen LogP contribution in [0.25, 0.3) is 0 Å². The molecule has 3 aromatic rings. The molecule has 0 aliphatic carbocycles. The average Bonchev–Trinajstić information content (AvgIpc) is 3.21. The number of amides is 1. The molecule has 1 aromatic heterocycles. The van der Waals surface area contributed by atoms with Crippen LogP contribution in [0.4, 0.5) is 16.5 Å². The molecular formula is C20H19ClN4OS. The number of piperazine rings is 1. The van der Waals surface area contributed by atoms with E-state index in [4.69, 9.17) is 11.6 Å². The van der Waals surface area contributed by atoms with Crippen molar-refractivity contribution < 1.29 is 4.79 Å². The van der Waals surface area contributed by atoms with E-state index in [1.54, 1.807) is 6.20 Å². The van der Waals surface area contributed by atoms with Crippen molar-refractivity contribution in [1.82, 2.24) is 9.88 Å². The number of nitrogens with zero attached hydrogens (tertiary/aromatic N) is 3. The summed E-state index contributed by atoms with van der Waals surface area (Å²) < 4.78 is 0. The highest BCUT2D eigenvalue weighted by Gasteiger charge is 2.22. The van der Waals surface area contributed by atoms with E-state index in [1.165, 1.54) is 11.3 Å². The number of hydrogen-bond acceptors (Lipinski definition) is 5. The van der Waals surface area contributed by atoms with Crippen LogP contribution in [0.1, 0.15) is 10.4 Å². The first-order chi connectivity index (χ1) is 13.2. The van der Waals surface area contributed by atoms with Gasteiger partial charge in [-0.1, -0.05) is 23.7 Å². The van der Waals surface area contributed by atoms with Crippen LogP contribution in [0.5, 0.6) is 0 Å². The molecule has 1 fully saturated rings. The van der Waals surface area contributed by atoms with Crippen LogP contribution in [0.15, 0.2) is 60.1 Å². The largest absolute Gasteiger partial charge is 0.368 e. The second kappa shape index (κ2) is 7.98. The Morgan fingerprint density at radius 3 is 2.63 bits per heavy atom. The molecule has 0 bridgehead atoms. The highest BCUT2D eigenvalue weighted by Crippen LogP contribution is 2.23. The zero-order chi connectivity index (χ0) is 18.6. The first kappa shape index (κ1) is 17.8. The number of anilines is 3. The van der Waals surface area contributed by atoms with Crippen LogP contribution >= 0.6 is 22.9 Å². The van der Waals surface area contributed by atoms with E-state index in [0.29, 0.717) is 18.7 Å². The fourth-order valence-electron chi connectivity index (χ4n) is 3.16. The van der Waals surface area contributed by atoms with Gasteiger partial charge in [0.1, 0.15) is 0 Å². The van der Waals surface area contributed by atoms with Gasteiger partial charge >= 0.3 is 0 Å². The first-order valence-corrected chi connectivity index (χ1v) is 10.0. The summed E-state index contributed by atoms with van der Waals surface area (Å²) in [7, 11) is 0. The molecule has 27 heavy (non-hydrogen) atoms. The molecule has 0 atom stereocenters. The van der Waals surface area contributed by atoms with Gasteiger partial charge in [0.15, 0.2) is 5.13 Å². The van der Waals surface area contributed by atoms with Crippen molar-refractivity contribution in [3.05, 3.63) is 70.7 Å². The van der Waals surface area contributed by atoms with Gasteiger partial charge in [-0.05, 0) is 36.4 Å². The molecule has 1 saturated heterocycles. The second-order valence-corrected chi connectivity index (χ2v) is 7.63. The van der Waals surface area contributed by atoms with Gasteiger partial charge in [-0.25, -0.2) is 4.98 Å². The third-order valence-corrected chi connectivity index (χ3v) is 5.46. The summed E-state index contributed by atoms with van der Waals surface area (Å²) in [5.41, 5.74) is 2.66. The van der Waals surface area contributed by atoms with E-state index in [0.717, 1.165) is 34.6 Å². The summed E-state index contributed by atoms with van der Waals surface area (Å²) in [4.78, 5) is 21.3. The van der Waals surface area contributed by atoms with Crippen molar-refractivity contribution in [1.29, 1.82) is 0 Å². The number of aromatic nitrogens is 1. The standard InChI is InChI=1S/C20H19ClN4OS/c21-16-4-2-6-18(14-16)24-8-10-25(11-9-24)19(26)15-3-1-5-17(13-15)23-20-22-7-12-27-20/h1-7,12-14H,8-11H2,(H,22,23). The molecule has 7 heteroatoms. The summed E-state index contributed by atoms with van der Waals surface area (Å²) in [5.74, 6) is 0.0588. The molecule has 0 saturated carbocycles. The van der Waals surface area contributed by atoms with Crippen molar-refractivity contribution >= 4 is 45.4 Å². The summed E-state index contributed by atoms with van der Waals surface area (Å²) in [6, 6.07) is 15.4. The lowest BCUT2D eigenvalue weighted by molar-refractivity contribution is 0.0747. The van der Waals surface area contributed by atoms with E-state index in [-0.39, 0.29) is 5.91 Å². The Balaban J connectivity index is 1.40. The zero-order valence-corrected chi connectivity index (χ0v) is 16.2. The Bertz CT molecular complexity index is 923. The number of rotatable bonds is 4. The minimum Gasteiger partial charge on any atom is -0.368 e. The summed E-state index contributed by atoms with van der Waals surface area (Å²) in [5, 5.41) is 6.69. The molecule has 138 valence electrons. The normalized spacial score (nSPS) is 14.3. The molecule has 1 aliphatic rings. The van der Waals surface area contributed by atoms with Crippen LogP contribution in [0, 0.1) is 0 Å². The number of carbonyl (C=O) groups excluding carboxylic acids is 1. The van der Waals surface area contributed by atoms with Crippen molar-refractivity contribution in [2.75, 3.05) is 36.4 Å². The minimum atomic E-state index is 0.0588. The summed E-state index contributed by atoms with van der Waals surface area (Å²) >= 11 is 7.61. The lowest BCUT2D eigenvalue weighted by Gasteiger charge is -2.36. The predicted octanol–water partition coefficient (Wildman–Crippen LogP) is 4.50. The highest BCUT2D eigenvalue weighted by atomic mass is 35.5. The SMILES string of the molecule is O=C(c1cccc(Nc2nccs2)c1)N1CCN(c2cccc(Cl)c2)CC1. The lowest BCUT2D eigenvalue weighted by atomic mass is 10.1. The third kappa shape index (κ3) is 4.23. The van der Waals surface area contributed by atoms with Crippen LogP contribution in [-0.4, -0.2) is 42.0 Å². The van der Waals surface area contributed by atoms with Gasteiger partial charge in [-0.2, -0.15) is 0 Å². The number of nitrogens with one attached hydrogen (secondary N) is 1. The van der Waals surface area contributed by atoms with Crippen molar-refractivity contribution in [2.24, 2.45) is 0 Å². The van der Waals surface area contributed by atoms with Crippen molar-refractivity contribution in [3.8, 4) is 0 Å². The van der Waals surface area contributed by atoms with Gasteiger partial charge in [0, 0.05) is 59.7 Å². The molecule has 1 amide bonds. The molecule has 1 aliphatic heterocycles. The van der Waals surface area contributed by atoms with Crippen LogP contribution in [0.2, 0.25) is 5.02 Å². The molecule has 1 N–H and O–H groups in total. The second-order valence-electron chi connectivity index (χ2n) is 6.30. The smallest absolute Gasteiger partial charge is 0.254 e. The molecule has 2 aromatic carbocycles. The van der Waals surface area contributed by atoms with Crippen LogP contribution in [-0.2, 0) is 0 Å². The highest BCUT2D eigenvalue weighted by molar-refractivity contribution is 7.13. The van der Waals surface area contributed by atoms with Crippen LogP contribution < -0.4 is 10.2 Å². The van der Waals surface area contributed by atoms with E-state index >= 15 is 0 Å². The first-order valence-electron chi connectivity index (χ1n) is 8.75. The number of hydrogen-bond donors (Lipinski definition) is 1. The molecule has 0 spiro atoms. The Kier molecular flexibility index (Phi) is 5.27. The van der Waals surface area contributed by atoms with Crippen molar-refractivity contribution in [2.45, 2.75) is 0 Å². The maximum absolute atomic E-state index is 12.9. The maximum Gasteiger partial charge on any atom is 0.254 e. The lowest BCUT2D eigenvalue weighted by Crippen LogP contribution is -2.48. The van der Waals surface area contributed by atoms with E-state index in [2.05, 4.69) is 21.3 Å². The zero-order valence-electron chi connectivity index (χ0n) is 14.6. The van der Waals surface area contributed by atoms with E-state index in [1.807, 2.05) is 52.7 Å². The number of benzene rings is 2.